The summed E-state index contributed by atoms with van der Waals surface area (Å²) >= 11 is 12.1. The maximum absolute atomic E-state index is 8.64. The van der Waals surface area contributed by atoms with Crippen LogP contribution >= 0.6 is 35.6 Å². The van der Waals surface area contributed by atoms with Gasteiger partial charge in [-0.05, 0) is 29.8 Å². The van der Waals surface area contributed by atoms with Gasteiger partial charge in [-0.2, -0.15) is 0 Å². The zero-order chi connectivity index (χ0) is 18.8. The molecule has 5 nitrogen and oxygen atoms in total. The Kier molecular flexibility index (Phi) is 11.5. The first-order valence-corrected chi connectivity index (χ1v) is 9.02. The molecule has 150 valence electrons. The number of ether oxygens (including phenoxy) is 3. The van der Waals surface area contributed by atoms with Crippen molar-refractivity contribution < 1.29 is 19.3 Å². The smallest absolute Gasteiger partial charge is 0.161 e. The maximum atomic E-state index is 8.64. The summed E-state index contributed by atoms with van der Waals surface area (Å²) in [7, 11) is 1.61. The molecule has 2 rings (SSSR count). The first-order chi connectivity index (χ1) is 12.6. The van der Waals surface area contributed by atoms with Gasteiger partial charge >= 0.3 is 0 Å². The zero-order valence-electron chi connectivity index (χ0n) is 15.0. The van der Waals surface area contributed by atoms with Crippen LogP contribution in [0.15, 0.2) is 36.4 Å². The van der Waals surface area contributed by atoms with E-state index in [0.717, 1.165) is 11.1 Å². The van der Waals surface area contributed by atoms with Crippen LogP contribution in [0.1, 0.15) is 11.1 Å². The van der Waals surface area contributed by atoms with Gasteiger partial charge in [0.25, 0.3) is 0 Å². The van der Waals surface area contributed by atoms with Crippen LogP contribution in [0.25, 0.3) is 0 Å². The Morgan fingerprint density at radius 3 is 2.56 bits per heavy atom. The van der Waals surface area contributed by atoms with Gasteiger partial charge < -0.3 is 24.6 Å². The number of aliphatic hydroxyl groups is 1. The van der Waals surface area contributed by atoms with Crippen molar-refractivity contribution >= 4 is 35.6 Å². The summed E-state index contributed by atoms with van der Waals surface area (Å²) in [6.07, 6.45) is 0. The predicted molar refractivity (Wildman–Crippen MR) is 111 cm³/mol. The molecule has 2 aromatic rings. The van der Waals surface area contributed by atoms with Crippen LogP contribution in [-0.2, 0) is 17.9 Å². The Morgan fingerprint density at radius 1 is 1.04 bits per heavy atom. The van der Waals surface area contributed by atoms with E-state index in [1.54, 1.807) is 19.2 Å². The van der Waals surface area contributed by atoms with Crippen LogP contribution in [0, 0.1) is 0 Å². The van der Waals surface area contributed by atoms with Crippen LogP contribution < -0.4 is 14.8 Å². The van der Waals surface area contributed by atoms with E-state index in [-0.39, 0.29) is 19.0 Å². The van der Waals surface area contributed by atoms with Crippen molar-refractivity contribution in [1.82, 2.24) is 5.32 Å². The first-order valence-electron chi connectivity index (χ1n) is 8.27. The Balaban J connectivity index is 0.00000364. The molecular formula is C19H24Cl3NO4. The lowest BCUT2D eigenvalue weighted by Crippen LogP contribution is -2.20. The highest BCUT2D eigenvalue weighted by Gasteiger charge is 2.08. The van der Waals surface area contributed by atoms with Crippen molar-refractivity contribution in [3.05, 3.63) is 57.6 Å². The van der Waals surface area contributed by atoms with Crippen molar-refractivity contribution in [2.45, 2.75) is 13.2 Å². The second kappa shape index (κ2) is 13.0. The summed E-state index contributed by atoms with van der Waals surface area (Å²) in [5.41, 5.74) is 1.92. The fraction of sp³-hybridized carbons (Fsp3) is 0.368. The second-order valence-electron chi connectivity index (χ2n) is 5.52. The number of methoxy groups -OCH3 is 1. The van der Waals surface area contributed by atoms with Crippen LogP contribution in [0.2, 0.25) is 10.0 Å². The molecule has 0 saturated heterocycles. The molecule has 8 heteroatoms. The molecule has 0 unspecified atom stereocenters. The molecule has 2 N–H and O–H groups in total. The third-order valence-corrected chi connectivity index (χ3v) is 4.20. The molecule has 0 bridgehead atoms. The molecule has 0 radical (unpaired) electrons. The minimum atomic E-state index is 0. The molecule has 0 saturated carbocycles. The lowest BCUT2D eigenvalue weighted by Gasteiger charge is -2.13. The Bertz CT molecular complexity index is 701. The highest BCUT2D eigenvalue weighted by atomic mass is 35.5. The number of hydrogen-bond donors (Lipinski definition) is 2. The molecule has 0 spiro atoms. The van der Waals surface area contributed by atoms with Gasteiger partial charge in [0.1, 0.15) is 6.61 Å². The van der Waals surface area contributed by atoms with Gasteiger partial charge in [-0.3, -0.25) is 0 Å². The molecule has 0 aliphatic rings. The molecule has 0 fully saturated rings. The molecule has 0 amide bonds. The summed E-state index contributed by atoms with van der Waals surface area (Å²) in [6.45, 7) is 2.67. The average Bonchev–Trinajstić information content (AvgIpc) is 2.64. The molecule has 0 aliphatic carbocycles. The van der Waals surface area contributed by atoms with E-state index in [2.05, 4.69) is 5.32 Å². The van der Waals surface area contributed by atoms with E-state index in [9.17, 15) is 0 Å². The number of halogens is 3. The summed E-state index contributed by atoms with van der Waals surface area (Å²) in [4.78, 5) is 0. The summed E-state index contributed by atoms with van der Waals surface area (Å²) in [5.74, 6) is 1.31. The number of hydrogen-bond acceptors (Lipinski definition) is 5. The minimum Gasteiger partial charge on any atom is -0.493 e. The normalized spacial score (nSPS) is 10.4. The predicted octanol–water partition coefficient (Wildman–Crippen LogP) is 4.10. The fourth-order valence-corrected chi connectivity index (χ4v) is 2.74. The van der Waals surface area contributed by atoms with Crippen LogP contribution in [0.4, 0.5) is 0 Å². The van der Waals surface area contributed by atoms with Crippen molar-refractivity contribution in [2.24, 2.45) is 0 Å². The van der Waals surface area contributed by atoms with Crippen molar-refractivity contribution in [3.8, 4) is 11.5 Å². The van der Waals surface area contributed by atoms with Gasteiger partial charge in [0.2, 0.25) is 0 Å². The average molecular weight is 437 g/mol. The second-order valence-corrected chi connectivity index (χ2v) is 6.37. The van der Waals surface area contributed by atoms with Crippen molar-refractivity contribution in [1.29, 1.82) is 0 Å². The fourth-order valence-electron chi connectivity index (χ4n) is 2.28. The third-order valence-electron chi connectivity index (χ3n) is 3.61. The van der Waals surface area contributed by atoms with Crippen molar-refractivity contribution in [3.63, 3.8) is 0 Å². The van der Waals surface area contributed by atoms with Crippen LogP contribution in [0.5, 0.6) is 11.5 Å². The number of benzene rings is 2. The summed E-state index contributed by atoms with van der Waals surface area (Å²) < 4.78 is 16.5. The first kappa shape index (κ1) is 23.8. The van der Waals surface area contributed by atoms with Gasteiger partial charge in [0, 0.05) is 28.7 Å². The standard InChI is InChI=1S/C19H23Cl2NO4.ClH/c1-24-19-10-14(12-22-6-8-25-9-7-23)2-5-18(19)26-13-15-3-4-16(20)11-17(15)21;/h2-5,10-11,22-23H,6-9,12-13H2,1H3;1H. The number of rotatable bonds is 11. The number of aliphatic hydroxyl groups excluding tert-OH is 1. The molecule has 0 heterocycles. The van der Waals surface area contributed by atoms with Crippen LogP contribution in [0.3, 0.4) is 0 Å². The Hall–Kier alpha value is -1.21. The Morgan fingerprint density at radius 2 is 1.85 bits per heavy atom. The largest absolute Gasteiger partial charge is 0.493 e. The van der Waals surface area contributed by atoms with E-state index >= 15 is 0 Å². The lowest BCUT2D eigenvalue weighted by atomic mass is 10.2. The van der Waals surface area contributed by atoms with Gasteiger partial charge in [-0.15, -0.1) is 12.4 Å². The highest BCUT2D eigenvalue weighted by Crippen LogP contribution is 2.30. The van der Waals surface area contributed by atoms with E-state index in [4.69, 9.17) is 42.5 Å². The quantitative estimate of drug-likeness (QED) is 0.519. The maximum Gasteiger partial charge on any atom is 0.161 e. The van der Waals surface area contributed by atoms with Gasteiger partial charge in [0.05, 0.1) is 26.9 Å². The van der Waals surface area contributed by atoms with E-state index in [1.807, 2.05) is 24.3 Å². The molecule has 27 heavy (non-hydrogen) atoms. The monoisotopic (exact) mass is 435 g/mol. The molecule has 0 aliphatic heterocycles. The SMILES string of the molecule is COc1cc(CNCCOCCO)ccc1OCc1ccc(Cl)cc1Cl.Cl. The Labute approximate surface area is 175 Å². The van der Waals surface area contributed by atoms with Crippen LogP contribution in [-0.4, -0.2) is 38.6 Å². The molecule has 0 atom stereocenters. The van der Waals surface area contributed by atoms with Gasteiger partial charge in [-0.25, -0.2) is 0 Å². The van der Waals surface area contributed by atoms with E-state index in [0.29, 0.717) is 54.5 Å². The summed E-state index contributed by atoms with van der Waals surface area (Å²) in [6, 6.07) is 11.1. The van der Waals surface area contributed by atoms with Gasteiger partial charge in [-0.1, -0.05) is 35.3 Å². The van der Waals surface area contributed by atoms with E-state index < -0.39 is 0 Å². The van der Waals surface area contributed by atoms with E-state index in [1.165, 1.54) is 0 Å². The molecular weight excluding hydrogens is 413 g/mol. The third kappa shape index (κ3) is 8.13. The zero-order valence-corrected chi connectivity index (χ0v) is 17.4. The minimum absolute atomic E-state index is 0. The number of nitrogens with one attached hydrogen (secondary N) is 1. The molecule has 2 aromatic carbocycles. The highest BCUT2D eigenvalue weighted by molar-refractivity contribution is 6.35. The lowest BCUT2D eigenvalue weighted by molar-refractivity contribution is 0.0938. The van der Waals surface area contributed by atoms with Gasteiger partial charge in [0.15, 0.2) is 11.5 Å². The topological polar surface area (TPSA) is 60.0 Å². The van der Waals surface area contributed by atoms with Crippen molar-refractivity contribution in [2.75, 3.05) is 33.5 Å². The molecule has 0 aromatic heterocycles. The summed E-state index contributed by atoms with van der Waals surface area (Å²) in [5, 5.41) is 13.1.